The second-order valence-electron chi connectivity index (χ2n) is 8.63. The van der Waals surface area contributed by atoms with Gasteiger partial charge in [-0.05, 0) is 37.3 Å². The average molecular weight is 484 g/mol. The molecule has 0 N–H and O–H groups in total. The second kappa shape index (κ2) is 11.3. The van der Waals surface area contributed by atoms with Crippen LogP contribution in [0.4, 0.5) is 0 Å². The number of ether oxygens (including phenoxy) is 3. The van der Waals surface area contributed by atoms with Crippen molar-refractivity contribution >= 4 is 5.97 Å². The Morgan fingerprint density at radius 1 is 0.972 bits per heavy atom. The van der Waals surface area contributed by atoms with Gasteiger partial charge >= 0.3 is 5.97 Å². The van der Waals surface area contributed by atoms with Crippen LogP contribution in [0.15, 0.2) is 89.3 Å². The molecule has 1 aliphatic carbocycles. The Balaban J connectivity index is 1.38. The third kappa shape index (κ3) is 5.40. The number of hydrogen-bond acceptors (Lipinski definition) is 6. The van der Waals surface area contributed by atoms with Crippen LogP contribution in [-0.4, -0.2) is 23.9 Å². The van der Waals surface area contributed by atoms with E-state index in [0.29, 0.717) is 11.7 Å². The van der Waals surface area contributed by atoms with E-state index in [1.54, 1.807) is 6.92 Å². The van der Waals surface area contributed by atoms with Gasteiger partial charge in [0.15, 0.2) is 5.76 Å². The predicted octanol–water partition coefficient (Wildman–Crippen LogP) is 6.51. The van der Waals surface area contributed by atoms with E-state index in [4.69, 9.17) is 23.6 Å². The average Bonchev–Trinajstić information content (AvgIpc) is 3.36. The maximum Gasteiger partial charge on any atom is 0.363 e. The van der Waals surface area contributed by atoms with Crippen LogP contribution < -0.4 is 0 Å². The molecule has 3 aromatic carbocycles. The van der Waals surface area contributed by atoms with E-state index in [1.807, 2.05) is 78.9 Å². The van der Waals surface area contributed by atoms with Crippen LogP contribution in [0.2, 0.25) is 0 Å². The fraction of sp³-hybridized carbons (Fsp3) is 0.267. The van der Waals surface area contributed by atoms with E-state index in [9.17, 15) is 4.79 Å². The van der Waals surface area contributed by atoms with Gasteiger partial charge < -0.3 is 18.6 Å². The number of carbonyl (C=O) groups is 1. The summed E-state index contributed by atoms with van der Waals surface area (Å²) in [4.78, 5) is 17.5. The number of aromatic nitrogens is 1. The van der Waals surface area contributed by atoms with Crippen LogP contribution in [-0.2, 0) is 32.0 Å². The molecule has 6 nitrogen and oxygen atoms in total. The highest BCUT2D eigenvalue weighted by Gasteiger charge is 2.30. The number of esters is 1. The van der Waals surface area contributed by atoms with E-state index in [1.165, 1.54) is 5.56 Å². The fourth-order valence-corrected chi connectivity index (χ4v) is 4.52. The van der Waals surface area contributed by atoms with Crippen molar-refractivity contribution in [3.8, 4) is 22.6 Å². The molecule has 6 heteroatoms. The quantitative estimate of drug-likeness (QED) is 0.200. The highest BCUT2D eigenvalue weighted by Crippen LogP contribution is 2.35. The lowest BCUT2D eigenvalue weighted by Crippen LogP contribution is -2.32. The molecule has 0 aliphatic heterocycles. The molecular formula is C30H29NO5. The Bertz CT molecular complexity index is 1230. The van der Waals surface area contributed by atoms with Gasteiger partial charge in [0.2, 0.25) is 5.89 Å². The van der Waals surface area contributed by atoms with Crippen molar-refractivity contribution in [2.75, 3.05) is 6.61 Å². The molecule has 0 saturated carbocycles. The van der Waals surface area contributed by atoms with Gasteiger partial charge in [-0.15, -0.1) is 0 Å². The summed E-state index contributed by atoms with van der Waals surface area (Å²) in [6, 6.07) is 27.8. The number of hydrogen-bond donors (Lipinski definition) is 0. The van der Waals surface area contributed by atoms with Crippen LogP contribution in [0, 0.1) is 0 Å². The molecule has 1 unspecified atom stereocenters. The van der Waals surface area contributed by atoms with E-state index in [2.05, 4.69) is 6.07 Å². The molecule has 1 heterocycles. The maximum absolute atomic E-state index is 12.7. The standard InChI is InChI=1S/C30H29NO5/c1-2-33-29(32)30(35-25-19-11-17-21-12-9-10-18-24(21)25)34-20-26-31-27(22-13-5-3-6-14-22)28(36-26)23-15-7-4-8-16-23/h3-10,12-16,18,25,30H,2,11,17,19-20H2,1H3/t25-,30?/m0/s1. The first-order chi connectivity index (χ1) is 17.7. The Kier molecular flexibility index (Phi) is 7.55. The Morgan fingerprint density at radius 2 is 1.67 bits per heavy atom. The molecule has 0 fully saturated rings. The Hall–Kier alpha value is -3.74. The summed E-state index contributed by atoms with van der Waals surface area (Å²) in [6.45, 7) is 1.96. The zero-order valence-electron chi connectivity index (χ0n) is 20.3. The van der Waals surface area contributed by atoms with Gasteiger partial charge in [0.05, 0.1) is 12.7 Å². The molecule has 1 aromatic heterocycles. The fourth-order valence-electron chi connectivity index (χ4n) is 4.52. The van der Waals surface area contributed by atoms with E-state index >= 15 is 0 Å². The van der Waals surface area contributed by atoms with Gasteiger partial charge in [0, 0.05) is 11.1 Å². The minimum Gasteiger partial charge on any atom is -0.462 e. The largest absolute Gasteiger partial charge is 0.462 e. The lowest BCUT2D eigenvalue weighted by atomic mass is 9.89. The number of carbonyl (C=O) groups excluding carboxylic acids is 1. The Morgan fingerprint density at radius 3 is 2.42 bits per heavy atom. The van der Waals surface area contributed by atoms with Crippen molar-refractivity contribution < 1.29 is 23.4 Å². The zero-order chi connectivity index (χ0) is 24.7. The van der Waals surface area contributed by atoms with Crippen molar-refractivity contribution in [2.45, 2.75) is 45.2 Å². The van der Waals surface area contributed by atoms with Crippen LogP contribution >= 0.6 is 0 Å². The monoisotopic (exact) mass is 483 g/mol. The van der Waals surface area contributed by atoms with Gasteiger partial charge in [-0.25, -0.2) is 9.78 Å². The van der Waals surface area contributed by atoms with Crippen LogP contribution in [0.3, 0.4) is 0 Å². The van der Waals surface area contributed by atoms with Gasteiger partial charge in [0.1, 0.15) is 12.3 Å². The number of benzene rings is 3. The number of fused-ring (bicyclic) bond motifs is 1. The van der Waals surface area contributed by atoms with E-state index in [0.717, 1.165) is 41.6 Å². The molecule has 0 saturated heterocycles. The first kappa shape index (κ1) is 24.0. The first-order valence-electron chi connectivity index (χ1n) is 12.3. The molecule has 5 rings (SSSR count). The van der Waals surface area contributed by atoms with Crippen molar-refractivity contribution in [1.82, 2.24) is 4.98 Å². The summed E-state index contributed by atoms with van der Waals surface area (Å²) < 4.78 is 23.5. The number of rotatable bonds is 9. The SMILES string of the molecule is CCOC(=O)C(OCc1nc(-c2ccccc2)c(-c2ccccc2)o1)O[C@H]1CCCc2ccccc21. The minimum absolute atomic E-state index is 0.0372. The summed E-state index contributed by atoms with van der Waals surface area (Å²) in [6.07, 6.45) is 1.37. The third-order valence-corrected chi connectivity index (χ3v) is 6.19. The van der Waals surface area contributed by atoms with Gasteiger partial charge in [-0.3, -0.25) is 0 Å². The second-order valence-corrected chi connectivity index (χ2v) is 8.63. The van der Waals surface area contributed by atoms with E-state index < -0.39 is 12.3 Å². The number of oxazole rings is 1. The first-order valence-corrected chi connectivity index (χ1v) is 12.3. The number of nitrogens with zero attached hydrogens (tertiary/aromatic N) is 1. The number of aryl methyl sites for hydroxylation is 1. The third-order valence-electron chi connectivity index (χ3n) is 6.19. The van der Waals surface area contributed by atoms with Crippen molar-refractivity contribution in [3.63, 3.8) is 0 Å². The van der Waals surface area contributed by atoms with Gasteiger partial charge in [-0.1, -0.05) is 84.9 Å². The molecule has 1 aliphatic rings. The van der Waals surface area contributed by atoms with Crippen molar-refractivity contribution in [1.29, 1.82) is 0 Å². The molecule has 2 atom stereocenters. The lowest BCUT2D eigenvalue weighted by molar-refractivity contribution is -0.213. The molecule has 36 heavy (non-hydrogen) atoms. The van der Waals surface area contributed by atoms with Crippen LogP contribution in [0.1, 0.15) is 42.9 Å². The molecule has 0 bridgehead atoms. The molecule has 0 spiro atoms. The Labute approximate surface area is 210 Å². The zero-order valence-corrected chi connectivity index (χ0v) is 20.3. The van der Waals surface area contributed by atoms with Gasteiger partial charge in [0.25, 0.3) is 6.29 Å². The molecule has 4 aromatic rings. The maximum atomic E-state index is 12.7. The summed E-state index contributed by atoms with van der Waals surface area (Å²) in [7, 11) is 0. The summed E-state index contributed by atoms with van der Waals surface area (Å²) in [5.41, 5.74) is 4.89. The smallest absolute Gasteiger partial charge is 0.363 e. The summed E-state index contributed by atoms with van der Waals surface area (Å²) in [5, 5.41) is 0. The van der Waals surface area contributed by atoms with Crippen LogP contribution in [0.5, 0.6) is 0 Å². The molecule has 0 amide bonds. The highest BCUT2D eigenvalue weighted by molar-refractivity contribution is 5.76. The summed E-state index contributed by atoms with van der Waals surface area (Å²) in [5.74, 6) is 0.448. The lowest BCUT2D eigenvalue weighted by Gasteiger charge is -2.28. The van der Waals surface area contributed by atoms with Crippen molar-refractivity contribution in [2.24, 2.45) is 0 Å². The highest BCUT2D eigenvalue weighted by atomic mass is 16.7. The van der Waals surface area contributed by atoms with E-state index in [-0.39, 0.29) is 19.3 Å². The molecular weight excluding hydrogens is 454 g/mol. The minimum atomic E-state index is -1.19. The topological polar surface area (TPSA) is 70.8 Å². The molecule has 0 radical (unpaired) electrons. The van der Waals surface area contributed by atoms with Crippen molar-refractivity contribution in [3.05, 3.63) is 102 Å². The van der Waals surface area contributed by atoms with Crippen LogP contribution in [0.25, 0.3) is 22.6 Å². The normalized spacial score (nSPS) is 15.8. The predicted molar refractivity (Wildman–Crippen MR) is 136 cm³/mol. The van der Waals surface area contributed by atoms with Gasteiger partial charge in [-0.2, -0.15) is 0 Å². The summed E-state index contributed by atoms with van der Waals surface area (Å²) >= 11 is 0. The molecule has 184 valence electrons.